The number of hydrogen-bond acceptors (Lipinski definition) is 3. The molecule has 0 saturated carbocycles. The van der Waals surface area contributed by atoms with E-state index < -0.39 is 0 Å². The molecule has 5 heteroatoms. The summed E-state index contributed by atoms with van der Waals surface area (Å²) in [5.74, 6) is -0.0456. The van der Waals surface area contributed by atoms with Gasteiger partial charge in [0.05, 0.1) is 12.5 Å². The number of para-hydroxylation sites is 1. The molecule has 0 aromatic heterocycles. The van der Waals surface area contributed by atoms with E-state index in [4.69, 9.17) is 0 Å². The Labute approximate surface area is 124 Å². The lowest BCUT2D eigenvalue weighted by atomic mass is 9.86. The fraction of sp³-hybridized carbons (Fsp3) is 0.500. The number of fused-ring (bicyclic) bond motifs is 1. The summed E-state index contributed by atoms with van der Waals surface area (Å²) >= 11 is 0. The molecule has 2 atom stereocenters. The molecule has 3 rings (SSSR count). The third kappa shape index (κ3) is 2.60. The fourth-order valence-electron chi connectivity index (χ4n) is 3.14. The molecular formula is C16H21N3O2. The smallest absolute Gasteiger partial charge is 0.241 e. The summed E-state index contributed by atoms with van der Waals surface area (Å²) < 4.78 is 0. The first kappa shape index (κ1) is 13.9. The zero-order valence-corrected chi connectivity index (χ0v) is 12.5. The van der Waals surface area contributed by atoms with Gasteiger partial charge in [-0.1, -0.05) is 18.2 Å². The topological polar surface area (TPSA) is 52.7 Å². The molecule has 2 heterocycles. The van der Waals surface area contributed by atoms with Crippen LogP contribution in [-0.2, 0) is 9.59 Å². The van der Waals surface area contributed by atoms with Crippen LogP contribution in [-0.4, -0.2) is 54.3 Å². The number of anilines is 1. The standard InChI is InChI=1S/C16H21N3O2/c1-11-9-13(12-5-3-4-6-14(12)17-11)16(21)19-8-7-18(2)15(20)10-19/h3-6,11,13,17H,7-10H2,1-2H3. The molecular weight excluding hydrogens is 266 g/mol. The third-order valence-electron chi connectivity index (χ3n) is 4.39. The highest BCUT2D eigenvalue weighted by Crippen LogP contribution is 2.35. The third-order valence-corrected chi connectivity index (χ3v) is 4.39. The van der Waals surface area contributed by atoms with E-state index in [9.17, 15) is 9.59 Å². The van der Waals surface area contributed by atoms with Crippen molar-refractivity contribution in [1.29, 1.82) is 0 Å². The van der Waals surface area contributed by atoms with Crippen LogP contribution in [0.5, 0.6) is 0 Å². The molecule has 21 heavy (non-hydrogen) atoms. The maximum atomic E-state index is 12.8. The van der Waals surface area contributed by atoms with Crippen molar-refractivity contribution < 1.29 is 9.59 Å². The maximum absolute atomic E-state index is 12.8. The van der Waals surface area contributed by atoms with Gasteiger partial charge in [-0.05, 0) is 25.0 Å². The first-order valence-electron chi connectivity index (χ1n) is 7.44. The van der Waals surface area contributed by atoms with Crippen LogP contribution in [0.3, 0.4) is 0 Å². The molecule has 1 fully saturated rings. The van der Waals surface area contributed by atoms with Crippen molar-refractivity contribution in [2.24, 2.45) is 0 Å². The van der Waals surface area contributed by atoms with Crippen LogP contribution in [0.15, 0.2) is 24.3 Å². The Balaban J connectivity index is 1.83. The highest BCUT2D eigenvalue weighted by atomic mass is 16.2. The molecule has 2 unspecified atom stereocenters. The van der Waals surface area contributed by atoms with E-state index in [-0.39, 0.29) is 30.3 Å². The molecule has 0 bridgehead atoms. The van der Waals surface area contributed by atoms with Gasteiger partial charge in [0.25, 0.3) is 0 Å². The summed E-state index contributed by atoms with van der Waals surface area (Å²) in [6.07, 6.45) is 0.774. The molecule has 1 aromatic rings. The summed E-state index contributed by atoms with van der Waals surface area (Å²) in [4.78, 5) is 28.1. The molecule has 0 aliphatic carbocycles. The lowest BCUT2D eigenvalue weighted by Gasteiger charge is -2.37. The Bertz CT molecular complexity index is 572. The number of carbonyl (C=O) groups excluding carboxylic acids is 2. The monoisotopic (exact) mass is 287 g/mol. The largest absolute Gasteiger partial charge is 0.382 e. The van der Waals surface area contributed by atoms with E-state index in [1.54, 1.807) is 16.8 Å². The van der Waals surface area contributed by atoms with Crippen LogP contribution in [0, 0.1) is 0 Å². The van der Waals surface area contributed by atoms with Crippen LogP contribution < -0.4 is 5.32 Å². The maximum Gasteiger partial charge on any atom is 0.241 e. The van der Waals surface area contributed by atoms with Crippen molar-refractivity contribution >= 4 is 17.5 Å². The van der Waals surface area contributed by atoms with Gasteiger partial charge in [0, 0.05) is 31.9 Å². The van der Waals surface area contributed by atoms with Gasteiger partial charge in [-0.3, -0.25) is 9.59 Å². The Morgan fingerprint density at radius 1 is 1.29 bits per heavy atom. The Morgan fingerprint density at radius 2 is 2.05 bits per heavy atom. The summed E-state index contributed by atoms with van der Waals surface area (Å²) in [6, 6.07) is 8.23. The van der Waals surface area contributed by atoms with Crippen molar-refractivity contribution in [3.63, 3.8) is 0 Å². The van der Waals surface area contributed by atoms with Gasteiger partial charge in [-0.2, -0.15) is 0 Å². The van der Waals surface area contributed by atoms with E-state index in [1.165, 1.54) is 0 Å². The van der Waals surface area contributed by atoms with Crippen molar-refractivity contribution in [2.75, 3.05) is 32.0 Å². The number of amides is 2. The summed E-state index contributed by atoms with van der Waals surface area (Å²) in [5, 5.41) is 3.42. The Hall–Kier alpha value is -2.04. The van der Waals surface area contributed by atoms with Crippen LogP contribution in [0.25, 0.3) is 0 Å². The number of hydrogen-bond donors (Lipinski definition) is 1. The van der Waals surface area contributed by atoms with E-state index in [0.717, 1.165) is 17.7 Å². The second-order valence-corrected chi connectivity index (χ2v) is 6.00. The van der Waals surface area contributed by atoms with Crippen LogP contribution in [0.4, 0.5) is 5.69 Å². The molecule has 112 valence electrons. The van der Waals surface area contributed by atoms with Crippen LogP contribution >= 0.6 is 0 Å². The summed E-state index contributed by atoms with van der Waals surface area (Å²) in [6.45, 7) is 3.54. The number of rotatable bonds is 1. The van der Waals surface area contributed by atoms with Crippen molar-refractivity contribution in [2.45, 2.75) is 25.3 Å². The van der Waals surface area contributed by atoms with E-state index in [2.05, 4.69) is 12.2 Å². The lowest BCUT2D eigenvalue weighted by Crippen LogP contribution is -2.52. The van der Waals surface area contributed by atoms with Crippen LogP contribution in [0.1, 0.15) is 24.8 Å². The molecule has 0 radical (unpaired) electrons. The highest BCUT2D eigenvalue weighted by Gasteiger charge is 2.34. The minimum atomic E-state index is -0.145. The quantitative estimate of drug-likeness (QED) is 0.846. The Kier molecular flexibility index (Phi) is 3.57. The molecule has 1 aromatic carbocycles. The number of benzene rings is 1. The summed E-state index contributed by atoms with van der Waals surface area (Å²) in [7, 11) is 1.78. The van der Waals surface area contributed by atoms with Gasteiger partial charge in [0.15, 0.2) is 0 Å². The van der Waals surface area contributed by atoms with Crippen molar-refractivity contribution in [3.8, 4) is 0 Å². The van der Waals surface area contributed by atoms with E-state index in [1.807, 2.05) is 24.3 Å². The number of piperazine rings is 1. The minimum Gasteiger partial charge on any atom is -0.382 e. The minimum absolute atomic E-state index is 0.0184. The molecule has 2 aliphatic heterocycles. The molecule has 5 nitrogen and oxygen atoms in total. The predicted octanol–water partition coefficient (Wildman–Crippen LogP) is 1.27. The van der Waals surface area contributed by atoms with E-state index >= 15 is 0 Å². The SMILES string of the molecule is CC1CC(C(=O)N2CCN(C)C(=O)C2)c2ccccc2N1. The first-order valence-corrected chi connectivity index (χ1v) is 7.44. The number of likely N-dealkylation sites (N-methyl/N-ethyl adjacent to an activating group) is 1. The number of carbonyl (C=O) groups is 2. The zero-order chi connectivity index (χ0) is 15.0. The van der Waals surface area contributed by atoms with Crippen molar-refractivity contribution in [3.05, 3.63) is 29.8 Å². The molecule has 2 amide bonds. The summed E-state index contributed by atoms with van der Waals surface area (Å²) in [5.41, 5.74) is 2.09. The lowest BCUT2D eigenvalue weighted by molar-refractivity contribution is -0.145. The molecule has 1 saturated heterocycles. The van der Waals surface area contributed by atoms with Gasteiger partial charge >= 0.3 is 0 Å². The van der Waals surface area contributed by atoms with Gasteiger partial charge in [-0.15, -0.1) is 0 Å². The molecule has 1 N–H and O–H groups in total. The first-order chi connectivity index (χ1) is 10.1. The van der Waals surface area contributed by atoms with Crippen molar-refractivity contribution in [1.82, 2.24) is 9.80 Å². The fourth-order valence-corrected chi connectivity index (χ4v) is 3.14. The average Bonchev–Trinajstić information content (AvgIpc) is 2.48. The van der Waals surface area contributed by atoms with Gasteiger partial charge in [0.1, 0.15) is 0 Å². The molecule has 2 aliphatic rings. The van der Waals surface area contributed by atoms with Crippen LogP contribution in [0.2, 0.25) is 0 Å². The van der Waals surface area contributed by atoms with Gasteiger partial charge in [0.2, 0.25) is 11.8 Å². The Morgan fingerprint density at radius 3 is 2.81 bits per heavy atom. The van der Waals surface area contributed by atoms with Gasteiger partial charge in [-0.25, -0.2) is 0 Å². The highest BCUT2D eigenvalue weighted by molar-refractivity contribution is 5.91. The van der Waals surface area contributed by atoms with Gasteiger partial charge < -0.3 is 15.1 Å². The van der Waals surface area contributed by atoms with E-state index in [0.29, 0.717) is 13.1 Å². The number of nitrogens with one attached hydrogen (secondary N) is 1. The normalized spacial score (nSPS) is 25.3. The number of nitrogens with zero attached hydrogens (tertiary/aromatic N) is 2. The average molecular weight is 287 g/mol. The molecule has 0 spiro atoms. The predicted molar refractivity (Wildman–Crippen MR) is 81.1 cm³/mol. The second kappa shape index (κ2) is 5.39. The second-order valence-electron chi connectivity index (χ2n) is 6.00. The zero-order valence-electron chi connectivity index (χ0n) is 12.5.